The summed E-state index contributed by atoms with van der Waals surface area (Å²) in [5, 5.41) is 0. The molecule has 0 atom stereocenters. The van der Waals surface area contributed by atoms with Gasteiger partial charge in [0.1, 0.15) is 0 Å². The van der Waals surface area contributed by atoms with Crippen LogP contribution in [-0.2, 0) is 4.79 Å². The SMILES string of the molecule is C=CC1=C(/C=C\C)CC(=O)N1c1ccc(C)cc1.CC. The van der Waals surface area contributed by atoms with E-state index in [4.69, 9.17) is 0 Å². The van der Waals surface area contributed by atoms with E-state index in [9.17, 15) is 4.79 Å². The van der Waals surface area contributed by atoms with Crippen LogP contribution in [0.4, 0.5) is 5.69 Å². The van der Waals surface area contributed by atoms with Crippen molar-refractivity contribution in [1.29, 1.82) is 0 Å². The summed E-state index contributed by atoms with van der Waals surface area (Å²) in [6.07, 6.45) is 6.12. The van der Waals surface area contributed by atoms with Gasteiger partial charge in [0.05, 0.1) is 12.1 Å². The van der Waals surface area contributed by atoms with Crippen molar-refractivity contribution in [3.8, 4) is 0 Å². The van der Waals surface area contributed by atoms with Crippen LogP contribution in [0.2, 0.25) is 0 Å². The van der Waals surface area contributed by atoms with Crippen LogP contribution in [0.1, 0.15) is 32.8 Å². The molecule has 1 aliphatic heterocycles. The average molecular weight is 269 g/mol. The van der Waals surface area contributed by atoms with Gasteiger partial charge in [-0.1, -0.05) is 50.3 Å². The highest BCUT2D eigenvalue weighted by Gasteiger charge is 2.28. The van der Waals surface area contributed by atoms with E-state index in [1.54, 1.807) is 11.0 Å². The topological polar surface area (TPSA) is 20.3 Å². The first kappa shape index (κ1) is 16.0. The van der Waals surface area contributed by atoms with E-state index < -0.39 is 0 Å². The van der Waals surface area contributed by atoms with Crippen molar-refractivity contribution in [1.82, 2.24) is 0 Å². The van der Waals surface area contributed by atoms with Gasteiger partial charge in [0.2, 0.25) is 5.91 Å². The first-order chi connectivity index (χ1) is 9.67. The molecule has 1 aliphatic rings. The van der Waals surface area contributed by atoms with Gasteiger partial charge < -0.3 is 0 Å². The molecule has 0 aliphatic carbocycles. The molecule has 0 radical (unpaired) electrons. The molecule has 0 spiro atoms. The summed E-state index contributed by atoms with van der Waals surface area (Å²) in [4.78, 5) is 13.9. The molecule has 0 bridgehead atoms. The maximum absolute atomic E-state index is 12.1. The van der Waals surface area contributed by atoms with Crippen LogP contribution in [0, 0.1) is 6.92 Å². The van der Waals surface area contributed by atoms with E-state index in [1.165, 1.54) is 5.56 Å². The zero-order valence-corrected chi connectivity index (χ0v) is 12.8. The number of nitrogens with zero attached hydrogens (tertiary/aromatic N) is 1. The summed E-state index contributed by atoms with van der Waals surface area (Å²) in [6.45, 7) is 11.8. The fourth-order valence-electron chi connectivity index (χ4n) is 2.16. The third-order valence-electron chi connectivity index (χ3n) is 3.01. The molecule has 1 amide bonds. The summed E-state index contributed by atoms with van der Waals surface area (Å²) >= 11 is 0. The van der Waals surface area contributed by atoms with E-state index in [0.717, 1.165) is 17.0 Å². The quantitative estimate of drug-likeness (QED) is 0.773. The maximum Gasteiger partial charge on any atom is 0.236 e. The van der Waals surface area contributed by atoms with Crippen LogP contribution >= 0.6 is 0 Å². The number of anilines is 1. The second kappa shape index (κ2) is 7.49. The molecule has 2 nitrogen and oxygen atoms in total. The monoisotopic (exact) mass is 269 g/mol. The van der Waals surface area contributed by atoms with Gasteiger partial charge in [-0.05, 0) is 37.6 Å². The van der Waals surface area contributed by atoms with Gasteiger partial charge in [-0.3, -0.25) is 9.69 Å². The van der Waals surface area contributed by atoms with Crippen molar-refractivity contribution in [3.05, 3.63) is 65.9 Å². The fourth-order valence-corrected chi connectivity index (χ4v) is 2.16. The maximum atomic E-state index is 12.1. The van der Waals surface area contributed by atoms with Crippen LogP contribution in [-0.4, -0.2) is 5.91 Å². The second-order valence-electron chi connectivity index (χ2n) is 4.36. The Balaban J connectivity index is 0.000000956. The number of hydrogen-bond acceptors (Lipinski definition) is 1. The molecule has 0 aromatic heterocycles. The molecule has 1 aromatic carbocycles. The molecule has 0 saturated carbocycles. The summed E-state index contributed by atoms with van der Waals surface area (Å²) in [5.74, 6) is 0.0989. The highest BCUT2D eigenvalue weighted by Crippen LogP contribution is 2.31. The molecule has 0 fully saturated rings. The largest absolute Gasteiger partial charge is 0.281 e. The molecule has 1 heterocycles. The van der Waals surface area contributed by atoms with Crippen LogP contribution in [0.3, 0.4) is 0 Å². The minimum Gasteiger partial charge on any atom is -0.281 e. The summed E-state index contributed by atoms with van der Waals surface area (Å²) in [5.41, 5.74) is 4.00. The Morgan fingerprint density at radius 1 is 1.20 bits per heavy atom. The van der Waals surface area contributed by atoms with E-state index in [2.05, 4.69) is 6.58 Å². The lowest BCUT2D eigenvalue weighted by atomic mass is 10.1. The van der Waals surface area contributed by atoms with E-state index in [1.807, 2.05) is 64.1 Å². The molecular weight excluding hydrogens is 246 g/mol. The number of hydrogen-bond donors (Lipinski definition) is 0. The van der Waals surface area contributed by atoms with Gasteiger partial charge in [-0.2, -0.15) is 0 Å². The molecule has 2 heteroatoms. The smallest absolute Gasteiger partial charge is 0.236 e. The highest BCUT2D eigenvalue weighted by molar-refractivity contribution is 6.02. The van der Waals surface area contributed by atoms with Gasteiger partial charge in [0.15, 0.2) is 0 Å². The molecule has 106 valence electrons. The number of benzene rings is 1. The van der Waals surface area contributed by atoms with Crippen LogP contribution in [0.15, 0.2) is 60.3 Å². The van der Waals surface area contributed by atoms with Gasteiger partial charge in [0.25, 0.3) is 0 Å². The molecule has 0 unspecified atom stereocenters. The van der Waals surface area contributed by atoms with Crippen molar-refractivity contribution in [3.63, 3.8) is 0 Å². The lowest BCUT2D eigenvalue weighted by molar-refractivity contribution is -0.116. The molecule has 0 saturated heterocycles. The minimum absolute atomic E-state index is 0.0989. The summed E-state index contributed by atoms with van der Waals surface area (Å²) < 4.78 is 0. The Morgan fingerprint density at radius 3 is 2.30 bits per heavy atom. The molecule has 2 rings (SSSR count). The van der Waals surface area contributed by atoms with Crippen molar-refractivity contribution in [2.75, 3.05) is 4.90 Å². The Morgan fingerprint density at radius 2 is 1.80 bits per heavy atom. The van der Waals surface area contributed by atoms with Gasteiger partial charge in [-0.15, -0.1) is 0 Å². The zero-order chi connectivity index (χ0) is 15.1. The van der Waals surface area contributed by atoms with Crippen molar-refractivity contribution >= 4 is 11.6 Å². The molecule has 20 heavy (non-hydrogen) atoms. The number of amides is 1. The number of rotatable bonds is 3. The fraction of sp³-hybridized carbons (Fsp3) is 0.278. The van der Waals surface area contributed by atoms with Crippen molar-refractivity contribution < 1.29 is 4.79 Å². The van der Waals surface area contributed by atoms with Crippen molar-refractivity contribution in [2.45, 2.75) is 34.1 Å². The van der Waals surface area contributed by atoms with Crippen molar-refractivity contribution in [2.24, 2.45) is 0 Å². The Kier molecular flexibility index (Phi) is 5.98. The Hall–Kier alpha value is -2.09. The lowest BCUT2D eigenvalue weighted by Crippen LogP contribution is -2.23. The second-order valence-corrected chi connectivity index (χ2v) is 4.36. The third kappa shape index (κ3) is 3.27. The Bertz CT molecular complexity index is 535. The van der Waals surface area contributed by atoms with Gasteiger partial charge in [-0.25, -0.2) is 0 Å². The highest BCUT2D eigenvalue weighted by atomic mass is 16.2. The van der Waals surface area contributed by atoms with E-state index >= 15 is 0 Å². The van der Waals surface area contributed by atoms with Crippen LogP contribution in [0.5, 0.6) is 0 Å². The van der Waals surface area contributed by atoms with E-state index in [0.29, 0.717) is 6.42 Å². The molecule has 0 N–H and O–H groups in total. The van der Waals surface area contributed by atoms with E-state index in [-0.39, 0.29) is 5.91 Å². The number of carbonyl (C=O) groups excluding carboxylic acids is 1. The predicted octanol–water partition coefficient (Wildman–Crippen LogP) is 4.77. The lowest BCUT2D eigenvalue weighted by Gasteiger charge is -2.18. The summed E-state index contributed by atoms with van der Waals surface area (Å²) in [6, 6.07) is 7.96. The normalized spacial score (nSPS) is 14.6. The number of allylic oxidation sites excluding steroid dienone is 3. The van der Waals surface area contributed by atoms with Crippen LogP contribution < -0.4 is 4.90 Å². The van der Waals surface area contributed by atoms with Crippen LogP contribution in [0.25, 0.3) is 0 Å². The third-order valence-corrected chi connectivity index (χ3v) is 3.01. The zero-order valence-electron chi connectivity index (χ0n) is 12.8. The number of carbonyl (C=O) groups is 1. The minimum atomic E-state index is 0.0989. The first-order valence-corrected chi connectivity index (χ1v) is 7.05. The van der Waals surface area contributed by atoms with Gasteiger partial charge >= 0.3 is 0 Å². The summed E-state index contributed by atoms with van der Waals surface area (Å²) in [7, 11) is 0. The average Bonchev–Trinajstić information content (AvgIpc) is 2.78. The molecule has 1 aromatic rings. The standard InChI is InChI=1S/C16H17NO.C2H6/c1-4-6-13-11-16(18)17(15(13)5-2)14-9-7-12(3)8-10-14;1-2/h4-10H,2,11H2,1,3H3;1-2H3/b6-4-;. The molecular formula is C18H23NO. The number of aryl methyl sites for hydroxylation is 1. The predicted molar refractivity (Wildman–Crippen MR) is 86.7 cm³/mol. The van der Waals surface area contributed by atoms with Gasteiger partial charge in [0, 0.05) is 5.69 Å². The first-order valence-electron chi connectivity index (χ1n) is 7.05. The Labute approximate surface area is 122 Å².